The third-order valence-electron chi connectivity index (χ3n) is 5.77. The second-order valence-electron chi connectivity index (χ2n) is 10.2. The van der Waals surface area contributed by atoms with E-state index in [0.29, 0.717) is 23.8 Å². The number of ether oxygens (including phenoxy) is 2. The van der Waals surface area contributed by atoms with E-state index in [0.717, 1.165) is 11.8 Å². The number of nitrogens with zero attached hydrogens (tertiary/aromatic N) is 2. The van der Waals surface area contributed by atoms with Crippen LogP contribution in [0.15, 0.2) is 48.5 Å². The summed E-state index contributed by atoms with van der Waals surface area (Å²) in [6, 6.07) is 13.4. The van der Waals surface area contributed by atoms with Gasteiger partial charge < -0.3 is 19.7 Å². The van der Waals surface area contributed by atoms with Gasteiger partial charge in [0.1, 0.15) is 17.5 Å². The summed E-state index contributed by atoms with van der Waals surface area (Å²) in [5.41, 5.74) is 0.895. The minimum Gasteiger partial charge on any atom is -0.497 e. The van der Waals surface area contributed by atoms with Crippen molar-refractivity contribution < 1.29 is 27.5 Å². The highest BCUT2D eigenvalue weighted by Crippen LogP contribution is 2.23. The molecule has 2 aromatic carbocycles. The van der Waals surface area contributed by atoms with Crippen LogP contribution in [0.25, 0.3) is 0 Å². The lowest BCUT2D eigenvalue weighted by Gasteiger charge is -2.32. The van der Waals surface area contributed by atoms with Gasteiger partial charge in [0.2, 0.25) is 21.8 Å². The van der Waals surface area contributed by atoms with Gasteiger partial charge in [0.05, 0.1) is 25.7 Å². The number of hydrogen-bond acceptors (Lipinski definition) is 6. The third-order valence-corrected chi connectivity index (χ3v) is 6.96. The SMILES string of the molecule is CCOc1ccc(N(CCCC(=O)N(Cc2ccc(OC)cc2)[C@@H](C)C(=O)NC(C)(C)C)S(C)(=O)=O)cc1. The Morgan fingerprint density at radius 3 is 2.08 bits per heavy atom. The van der Waals surface area contributed by atoms with Crippen LogP contribution >= 0.6 is 0 Å². The first kappa shape index (κ1) is 31.0. The van der Waals surface area contributed by atoms with Crippen LogP contribution in [0.4, 0.5) is 5.69 Å². The van der Waals surface area contributed by atoms with Crippen molar-refractivity contribution >= 4 is 27.5 Å². The van der Waals surface area contributed by atoms with Crippen LogP contribution in [0.1, 0.15) is 53.0 Å². The molecule has 1 N–H and O–H groups in total. The lowest BCUT2D eigenvalue weighted by atomic mass is 10.1. The number of amides is 2. The molecule has 10 heteroatoms. The van der Waals surface area contributed by atoms with Gasteiger partial charge in [-0.2, -0.15) is 0 Å². The molecule has 2 amide bonds. The lowest BCUT2D eigenvalue weighted by Crippen LogP contribution is -2.52. The van der Waals surface area contributed by atoms with Gasteiger partial charge in [-0.1, -0.05) is 12.1 Å². The summed E-state index contributed by atoms with van der Waals surface area (Å²) in [6.45, 7) is 10.1. The molecule has 0 aromatic heterocycles. The number of carbonyl (C=O) groups excluding carboxylic acids is 2. The number of rotatable bonds is 13. The van der Waals surface area contributed by atoms with Crippen molar-refractivity contribution in [1.29, 1.82) is 0 Å². The molecule has 0 fully saturated rings. The van der Waals surface area contributed by atoms with E-state index in [2.05, 4.69) is 5.32 Å². The molecule has 0 aliphatic rings. The molecule has 0 heterocycles. The quantitative estimate of drug-likeness (QED) is 0.407. The minimum absolute atomic E-state index is 0.0757. The molecule has 0 saturated carbocycles. The third kappa shape index (κ3) is 9.55. The van der Waals surface area contributed by atoms with Gasteiger partial charge in [-0.05, 0) is 83.0 Å². The fourth-order valence-electron chi connectivity index (χ4n) is 3.86. The fourth-order valence-corrected chi connectivity index (χ4v) is 4.83. The summed E-state index contributed by atoms with van der Waals surface area (Å²) in [4.78, 5) is 27.9. The van der Waals surface area contributed by atoms with Gasteiger partial charge in [0.25, 0.3) is 0 Å². The van der Waals surface area contributed by atoms with E-state index in [4.69, 9.17) is 9.47 Å². The average molecular weight is 548 g/mol. The Labute approximate surface area is 227 Å². The van der Waals surface area contributed by atoms with Crippen molar-refractivity contribution in [2.24, 2.45) is 0 Å². The summed E-state index contributed by atoms with van der Waals surface area (Å²) in [7, 11) is -1.99. The van der Waals surface area contributed by atoms with Gasteiger partial charge >= 0.3 is 0 Å². The minimum atomic E-state index is -3.57. The maximum absolute atomic E-state index is 13.4. The molecule has 0 unspecified atom stereocenters. The first-order chi connectivity index (χ1) is 17.7. The van der Waals surface area contributed by atoms with Crippen molar-refractivity contribution in [3.8, 4) is 11.5 Å². The van der Waals surface area contributed by atoms with Crippen molar-refractivity contribution in [2.75, 3.05) is 30.8 Å². The smallest absolute Gasteiger partial charge is 0.242 e. The van der Waals surface area contributed by atoms with Gasteiger partial charge in [0.15, 0.2) is 0 Å². The predicted octanol–water partition coefficient (Wildman–Crippen LogP) is 3.97. The van der Waals surface area contributed by atoms with E-state index >= 15 is 0 Å². The molecular formula is C28H41N3O6S. The van der Waals surface area contributed by atoms with Crippen molar-refractivity contribution in [2.45, 2.75) is 65.6 Å². The van der Waals surface area contributed by atoms with E-state index in [-0.39, 0.29) is 37.7 Å². The van der Waals surface area contributed by atoms with Crippen LogP contribution in [0.5, 0.6) is 11.5 Å². The van der Waals surface area contributed by atoms with Crippen LogP contribution in [-0.4, -0.2) is 63.2 Å². The number of nitrogens with one attached hydrogen (secondary N) is 1. The fraction of sp³-hybridized carbons (Fsp3) is 0.500. The topological polar surface area (TPSA) is 105 Å². The maximum atomic E-state index is 13.4. The molecule has 0 aliphatic heterocycles. The summed E-state index contributed by atoms with van der Waals surface area (Å²) in [6.07, 6.45) is 1.50. The average Bonchev–Trinajstić information content (AvgIpc) is 2.84. The second-order valence-corrected chi connectivity index (χ2v) is 12.1. The zero-order chi connectivity index (χ0) is 28.5. The van der Waals surface area contributed by atoms with Gasteiger partial charge in [0, 0.05) is 25.0 Å². The van der Waals surface area contributed by atoms with E-state index in [1.807, 2.05) is 39.8 Å². The second kappa shape index (κ2) is 13.5. The molecule has 38 heavy (non-hydrogen) atoms. The zero-order valence-electron chi connectivity index (χ0n) is 23.5. The van der Waals surface area contributed by atoms with Gasteiger partial charge in [-0.15, -0.1) is 0 Å². The number of methoxy groups -OCH3 is 1. The highest BCUT2D eigenvalue weighted by Gasteiger charge is 2.28. The molecule has 9 nitrogen and oxygen atoms in total. The molecule has 2 aromatic rings. The largest absolute Gasteiger partial charge is 0.497 e. The first-order valence-corrected chi connectivity index (χ1v) is 14.5. The zero-order valence-corrected chi connectivity index (χ0v) is 24.3. The monoisotopic (exact) mass is 547 g/mol. The Hall–Kier alpha value is -3.27. The van der Waals surface area contributed by atoms with Crippen molar-refractivity contribution in [3.05, 3.63) is 54.1 Å². The highest BCUT2D eigenvalue weighted by molar-refractivity contribution is 7.92. The number of sulfonamides is 1. The van der Waals surface area contributed by atoms with Crippen LogP contribution in [-0.2, 0) is 26.2 Å². The summed E-state index contributed by atoms with van der Waals surface area (Å²) in [5, 5.41) is 2.94. The lowest BCUT2D eigenvalue weighted by molar-refractivity contribution is -0.141. The Bertz CT molecular complexity index is 1160. The predicted molar refractivity (Wildman–Crippen MR) is 150 cm³/mol. The van der Waals surface area contributed by atoms with Crippen LogP contribution in [0.2, 0.25) is 0 Å². The Morgan fingerprint density at radius 2 is 1.58 bits per heavy atom. The van der Waals surface area contributed by atoms with Gasteiger partial charge in [-0.3, -0.25) is 13.9 Å². The number of carbonyl (C=O) groups is 2. The molecule has 1 atom stereocenters. The van der Waals surface area contributed by atoms with E-state index in [1.165, 1.54) is 9.21 Å². The van der Waals surface area contributed by atoms with Crippen LogP contribution in [0, 0.1) is 0 Å². The maximum Gasteiger partial charge on any atom is 0.242 e. The normalized spacial score (nSPS) is 12.4. The molecule has 0 radical (unpaired) electrons. The first-order valence-electron chi connectivity index (χ1n) is 12.7. The Balaban J connectivity index is 2.18. The molecular weight excluding hydrogens is 506 g/mol. The molecule has 0 aliphatic carbocycles. The van der Waals surface area contributed by atoms with Gasteiger partial charge in [-0.25, -0.2) is 8.42 Å². The summed E-state index contributed by atoms with van der Waals surface area (Å²) >= 11 is 0. The van der Waals surface area contributed by atoms with E-state index in [9.17, 15) is 18.0 Å². The Morgan fingerprint density at radius 1 is 1.00 bits per heavy atom. The van der Waals surface area contributed by atoms with Crippen LogP contribution < -0.4 is 19.1 Å². The number of benzene rings is 2. The molecule has 0 spiro atoms. The van der Waals surface area contributed by atoms with E-state index in [1.54, 1.807) is 50.4 Å². The number of hydrogen-bond donors (Lipinski definition) is 1. The Kier molecular flexibility index (Phi) is 11.0. The van der Waals surface area contributed by atoms with Crippen LogP contribution in [0.3, 0.4) is 0 Å². The molecule has 210 valence electrons. The molecule has 0 bridgehead atoms. The molecule has 0 saturated heterocycles. The highest BCUT2D eigenvalue weighted by atomic mass is 32.2. The number of anilines is 1. The molecule has 2 rings (SSSR count). The van der Waals surface area contributed by atoms with E-state index < -0.39 is 21.6 Å². The summed E-state index contributed by atoms with van der Waals surface area (Å²) < 4.78 is 37.0. The van der Waals surface area contributed by atoms with Crippen molar-refractivity contribution in [1.82, 2.24) is 10.2 Å². The summed E-state index contributed by atoms with van der Waals surface area (Å²) in [5.74, 6) is 0.848. The van der Waals surface area contributed by atoms with Crippen molar-refractivity contribution in [3.63, 3.8) is 0 Å². The standard InChI is InChI=1S/C28H41N3O6S/c1-8-37-25-17-13-23(14-18-25)31(38(7,34)35)19-9-10-26(32)30(21(2)27(33)29-28(3,4)5)20-22-11-15-24(36-6)16-12-22/h11-18,21H,8-10,19-20H2,1-7H3,(H,29,33)/t21-/m0/s1.